The number of allylic oxidation sites excluding steroid dienone is 8. The molecule has 0 aliphatic heterocycles. The molecule has 1 atom stereocenters. The number of esters is 3. The van der Waals surface area contributed by atoms with Gasteiger partial charge in [-0.15, -0.1) is 0 Å². The average Bonchev–Trinajstić information content (AvgIpc) is 3.46. The Balaban J connectivity index is 4.18. The molecule has 0 saturated heterocycles. The van der Waals surface area contributed by atoms with E-state index in [2.05, 4.69) is 69.4 Å². The van der Waals surface area contributed by atoms with Gasteiger partial charge < -0.3 is 14.2 Å². The van der Waals surface area contributed by atoms with Gasteiger partial charge in [0.1, 0.15) is 13.2 Å². The molecule has 0 heterocycles. The molecule has 0 aromatic rings. The van der Waals surface area contributed by atoms with Crippen molar-refractivity contribution in [2.24, 2.45) is 0 Å². The van der Waals surface area contributed by atoms with Gasteiger partial charge in [-0.05, 0) is 77.0 Å². The van der Waals surface area contributed by atoms with Gasteiger partial charge in [0.05, 0.1) is 0 Å². The molecule has 0 aliphatic carbocycles. The summed E-state index contributed by atoms with van der Waals surface area (Å²) in [4.78, 5) is 38.4. The first-order chi connectivity index (χ1) is 39.5. The lowest BCUT2D eigenvalue weighted by molar-refractivity contribution is -0.167. The summed E-state index contributed by atoms with van der Waals surface area (Å²) in [6.45, 7) is 6.58. The van der Waals surface area contributed by atoms with E-state index >= 15 is 0 Å². The standard InChI is InChI=1S/C74H136O6/c1-4-7-10-13-16-19-22-25-28-30-31-32-33-34-35-36-37-38-39-40-41-42-44-46-49-52-55-58-61-64-67-73(76)79-70-71(69-78-72(75)66-63-60-57-54-51-48-45-27-24-21-18-15-12-9-6-3)80-74(77)68-65-62-59-56-53-50-47-43-29-26-23-20-17-14-11-8-5-2/h8,11,17,20,26-27,29,45,71H,4-7,9-10,12-16,18-19,21-25,28,30-44,46-70H2,1-3H3/b11-8-,20-17-,29-26-,45-27-. The zero-order chi connectivity index (χ0) is 57.8. The summed E-state index contributed by atoms with van der Waals surface area (Å²) in [7, 11) is 0. The van der Waals surface area contributed by atoms with E-state index in [-0.39, 0.29) is 31.1 Å². The molecule has 0 aromatic carbocycles. The van der Waals surface area contributed by atoms with E-state index in [4.69, 9.17) is 14.2 Å². The molecule has 0 N–H and O–H groups in total. The van der Waals surface area contributed by atoms with Crippen molar-refractivity contribution in [3.05, 3.63) is 48.6 Å². The van der Waals surface area contributed by atoms with E-state index in [1.54, 1.807) is 0 Å². The summed E-state index contributed by atoms with van der Waals surface area (Å²) in [5.74, 6) is -0.870. The lowest BCUT2D eigenvalue weighted by atomic mass is 10.0. The molecule has 6 heteroatoms. The Kier molecular flexibility index (Phi) is 66.6. The SMILES string of the molecule is CC/C=C\C/C=C\C/C=C\CCCCCCCCCC(=O)OC(COC(=O)CCCCCCC/C=C\CCCCCCCC)COC(=O)CCCCCCCCCCCCCCCCCCCCCCCCCCCCCCCC. The van der Waals surface area contributed by atoms with E-state index in [0.29, 0.717) is 19.3 Å². The van der Waals surface area contributed by atoms with Crippen LogP contribution in [0.1, 0.15) is 387 Å². The minimum absolute atomic E-state index is 0.0760. The van der Waals surface area contributed by atoms with Crippen LogP contribution in [0.5, 0.6) is 0 Å². The van der Waals surface area contributed by atoms with Gasteiger partial charge in [0, 0.05) is 19.3 Å². The van der Waals surface area contributed by atoms with Gasteiger partial charge in [-0.3, -0.25) is 14.4 Å². The summed E-state index contributed by atoms with van der Waals surface area (Å²) >= 11 is 0. The Morgan fingerprint density at radius 2 is 0.487 bits per heavy atom. The average molecular weight is 1120 g/mol. The Morgan fingerprint density at radius 3 is 0.775 bits per heavy atom. The molecule has 1 unspecified atom stereocenters. The monoisotopic (exact) mass is 1120 g/mol. The molecule has 80 heavy (non-hydrogen) atoms. The number of hydrogen-bond donors (Lipinski definition) is 0. The quantitative estimate of drug-likeness (QED) is 0.0261. The molecular weight excluding hydrogens is 985 g/mol. The first-order valence-corrected chi connectivity index (χ1v) is 35.6. The van der Waals surface area contributed by atoms with E-state index < -0.39 is 6.10 Å². The fourth-order valence-electron chi connectivity index (χ4n) is 10.8. The van der Waals surface area contributed by atoms with Gasteiger partial charge in [0.2, 0.25) is 0 Å². The second-order valence-corrected chi connectivity index (χ2v) is 24.1. The van der Waals surface area contributed by atoms with E-state index in [1.807, 2.05) is 0 Å². The zero-order valence-corrected chi connectivity index (χ0v) is 53.9. The third-order valence-corrected chi connectivity index (χ3v) is 16.1. The molecule has 0 rings (SSSR count). The Bertz CT molecular complexity index is 1380. The predicted octanol–water partition coefficient (Wildman–Crippen LogP) is 24.5. The summed E-state index contributed by atoms with van der Waals surface area (Å²) < 4.78 is 17.0. The molecule has 0 saturated carbocycles. The van der Waals surface area contributed by atoms with E-state index in [0.717, 1.165) is 89.9 Å². The maximum atomic E-state index is 12.9. The Morgan fingerprint density at radius 1 is 0.263 bits per heavy atom. The number of rotatable bonds is 66. The fraction of sp³-hybridized carbons (Fsp3) is 0.851. The first kappa shape index (κ1) is 77.4. The maximum absolute atomic E-state index is 12.9. The number of carbonyl (C=O) groups is 3. The van der Waals surface area contributed by atoms with Crippen LogP contribution >= 0.6 is 0 Å². The summed E-state index contributed by atoms with van der Waals surface area (Å²) in [5.41, 5.74) is 0. The van der Waals surface area contributed by atoms with Crippen LogP contribution in [0, 0.1) is 0 Å². The van der Waals surface area contributed by atoms with Crippen molar-refractivity contribution >= 4 is 17.9 Å². The lowest BCUT2D eigenvalue weighted by Gasteiger charge is -2.18. The minimum atomic E-state index is -0.782. The molecule has 0 radical (unpaired) electrons. The zero-order valence-electron chi connectivity index (χ0n) is 53.9. The van der Waals surface area contributed by atoms with Crippen LogP contribution < -0.4 is 0 Å². The third kappa shape index (κ3) is 66.2. The van der Waals surface area contributed by atoms with Crippen molar-refractivity contribution in [2.45, 2.75) is 393 Å². The van der Waals surface area contributed by atoms with Gasteiger partial charge in [-0.2, -0.15) is 0 Å². The number of carbonyl (C=O) groups excluding carboxylic acids is 3. The third-order valence-electron chi connectivity index (χ3n) is 16.1. The van der Waals surface area contributed by atoms with Gasteiger partial charge in [0.15, 0.2) is 6.10 Å². The van der Waals surface area contributed by atoms with Crippen LogP contribution in [-0.2, 0) is 28.6 Å². The van der Waals surface area contributed by atoms with Crippen molar-refractivity contribution < 1.29 is 28.6 Å². The number of unbranched alkanes of at least 4 members (excludes halogenated alkanes) is 47. The Labute approximate surface area is 498 Å². The molecule has 0 bridgehead atoms. The van der Waals surface area contributed by atoms with E-state index in [1.165, 1.54) is 257 Å². The largest absolute Gasteiger partial charge is 0.462 e. The number of hydrogen-bond acceptors (Lipinski definition) is 6. The van der Waals surface area contributed by atoms with Crippen molar-refractivity contribution in [2.75, 3.05) is 13.2 Å². The summed E-state index contributed by atoms with van der Waals surface area (Å²) in [6.07, 6.45) is 87.3. The highest BCUT2D eigenvalue weighted by Crippen LogP contribution is 2.19. The topological polar surface area (TPSA) is 78.9 Å². The molecule has 0 aromatic heterocycles. The first-order valence-electron chi connectivity index (χ1n) is 35.6. The van der Waals surface area contributed by atoms with Gasteiger partial charge in [-0.1, -0.05) is 339 Å². The van der Waals surface area contributed by atoms with Crippen LogP contribution in [0.3, 0.4) is 0 Å². The van der Waals surface area contributed by atoms with E-state index in [9.17, 15) is 14.4 Å². The van der Waals surface area contributed by atoms with Crippen molar-refractivity contribution in [1.82, 2.24) is 0 Å². The van der Waals surface area contributed by atoms with Crippen LogP contribution in [0.2, 0.25) is 0 Å². The molecule has 0 aliphatic rings. The highest BCUT2D eigenvalue weighted by atomic mass is 16.6. The molecule has 468 valence electrons. The highest BCUT2D eigenvalue weighted by molar-refractivity contribution is 5.71. The van der Waals surface area contributed by atoms with Crippen LogP contribution in [0.15, 0.2) is 48.6 Å². The number of ether oxygens (including phenoxy) is 3. The van der Waals surface area contributed by atoms with Gasteiger partial charge in [0.25, 0.3) is 0 Å². The molecule has 6 nitrogen and oxygen atoms in total. The normalized spacial score (nSPS) is 12.3. The molecule has 0 fully saturated rings. The maximum Gasteiger partial charge on any atom is 0.306 e. The summed E-state index contributed by atoms with van der Waals surface area (Å²) in [5, 5.41) is 0. The second-order valence-electron chi connectivity index (χ2n) is 24.1. The van der Waals surface area contributed by atoms with Crippen LogP contribution in [0.25, 0.3) is 0 Å². The molecule has 0 amide bonds. The smallest absolute Gasteiger partial charge is 0.306 e. The van der Waals surface area contributed by atoms with Crippen LogP contribution in [0.4, 0.5) is 0 Å². The van der Waals surface area contributed by atoms with Gasteiger partial charge >= 0.3 is 17.9 Å². The highest BCUT2D eigenvalue weighted by Gasteiger charge is 2.19. The van der Waals surface area contributed by atoms with Crippen molar-refractivity contribution in [3.8, 4) is 0 Å². The predicted molar refractivity (Wildman–Crippen MR) is 349 cm³/mol. The Hall–Kier alpha value is -2.63. The van der Waals surface area contributed by atoms with Crippen molar-refractivity contribution in [3.63, 3.8) is 0 Å². The minimum Gasteiger partial charge on any atom is -0.462 e. The second kappa shape index (κ2) is 68.9. The lowest BCUT2D eigenvalue weighted by Crippen LogP contribution is -2.30. The van der Waals surface area contributed by atoms with Crippen molar-refractivity contribution in [1.29, 1.82) is 0 Å². The molecular formula is C74H136O6. The fourth-order valence-corrected chi connectivity index (χ4v) is 10.8. The van der Waals surface area contributed by atoms with Gasteiger partial charge in [-0.25, -0.2) is 0 Å². The van der Waals surface area contributed by atoms with Crippen LogP contribution in [-0.4, -0.2) is 37.2 Å². The summed E-state index contributed by atoms with van der Waals surface area (Å²) in [6, 6.07) is 0. The molecule has 0 spiro atoms.